The Kier molecular flexibility index (Phi) is 3.81. The second-order valence-electron chi connectivity index (χ2n) is 4.20. The van der Waals surface area contributed by atoms with E-state index in [2.05, 4.69) is 69.3 Å². The second kappa shape index (κ2) is 5.35. The zero-order valence-corrected chi connectivity index (χ0v) is 11.9. The molecular weight excluding hydrogens is 292 g/mol. The lowest BCUT2D eigenvalue weighted by Crippen LogP contribution is -2.09. The maximum atomic E-state index is 5.58. The van der Waals surface area contributed by atoms with Crippen molar-refractivity contribution in [2.24, 2.45) is 0 Å². The number of aryl methyl sites for hydroxylation is 1. The zero-order valence-electron chi connectivity index (χ0n) is 10.3. The fourth-order valence-electron chi connectivity index (χ4n) is 1.63. The molecule has 18 heavy (non-hydrogen) atoms. The van der Waals surface area contributed by atoms with Crippen molar-refractivity contribution < 1.29 is 0 Å². The third kappa shape index (κ3) is 2.98. The lowest BCUT2D eigenvalue weighted by Gasteiger charge is -2.16. The number of nitrogens with zero attached hydrogens (tertiary/aromatic N) is 2. The Labute approximate surface area is 115 Å². The molecule has 0 amide bonds. The van der Waals surface area contributed by atoms with E-state index in [1.165, 1.54) is 11.1 Å². The van der Waals surface area contributed by atoms with Crippen molar-refractivity contribution in [1.29, 1.82) is 0 Å². The third-order valence-corrected chi connectivity index (χ3v) is 3.27. The van der Waals surface area contributed by atoms with Gasteiger partial charge >= 0.3 is 0 Å². The average Bonchev–Trinajstić information content (AvgIpc) is 2.34. The van der Waals surface area contributed by atoms with Gasteiger partial charge in [-0.15, -0.1) is 0 Å². The van der Waals surface area contributed by atoms with Gasteiger partial charge in [-0.2, -0.15) is 4.98 Å². The summed E-state index contributed by atoms with van der Waals surface area (Å²) in [7, 11) is 0. The van der Waals surface area contributed by atoms with Crippen LogP contribution in [0.5, 0.6) is 0 Å². The Morgan fingerprint density at radius 2 is 1.94 bits per heavy atom. The molecule has 1 atom stereocenters. The highest BCUT2D eigenvalue weighted by Crippen LogP contribution is 2.24. The molecule has 0 spiro atoms. The second-order valence-corrected chi connectivity index (χ2v) is 5.06. The number of hydrogen-bond donors (Lipinski definition) is 2. The van der Waals surface area contributed by atoms with Crippen LogP contribution in [-0.4, -0.2) is 9.97 Å². The van der Waals surface area contributed by atoms with Crippen LogP contribution in [0.2, 0.25) is 0 Å². The number of halogens is 1. The fraction of sp³-hybridized carbons (Fsp3) is 0.231. The average molecular weight is 307 g/mol. The minimum absolute atomic E-state index is 0.149. The number of nitrogens with two attached hydrogens (primary N) is 1. The standard InChI is InChI=1S/C13H15BrN4/c1-8-3-5-10(6-4-8)9(2)17-12-11(14)7-16-13(15)18-12/h3-7,9H,1-2H3,(H3,15,16,17,18). The number of nitrogens with one attached hydrogen (secondary N) is 1. The van der Waals surface area contributed by atoms with Crippen LogP contribution in [0.1, 0.15) is 24.1 Å². The maximum Gasteiger partial charge on any atom is 0.221 e. The van der Waals surface area contributed by atoms with Gasteiger partial charge in [-0.3, -0.25) is 0 Å². The molecular formula is C13H15BrN4. The van der Waals surface area contributed by atoms with E-state index < -0.39 is 0 Å². The maximum absolute atomic E-state index is 5.58. The molecule has 1 heterocycles. The van der Waals surface area contributed by atoms with Gasteiger partial charge in [0.2, 0.25) is 5.95 Å². The molecule has 0 radical (unpaired) electrons. The van der Waals surface area contributed by atoms with Gasteiger partial charge in [0, 0.05) is 12.2 Å². The molecule has 4 nitrogen and oxygen atoms in total. The topological polar surface area (TPSA) is 63.8 Å². The van der Waals surface area contributed by atoms with Gasteiger partial charge in [0.1, 0.15) is 5.82 Å². The number of hydrogen-bond acceptors (Lipinski definition) is 4. The molecule has 1 aromatic carbocycles. The van der Waals surface area contributed by atoms with Gasteiger partial charge in [0.05, 0.1) is 4.47 Å². The Morgan fingerprint density at radius 1 is 1.28 bits per heavy atom. The molecule has 0 saturated carbocycles. The van der Waals surface area contributed by atoms with Crippen LogP contribution in [0, 0.1) is 6.92 Å². The Balaban J connectivity index is 2.18. The van der Waals surface area contributed by atoms with Gasteiger partial charge in [0.25, 0.3) is 0 Å². The van der Waals surface area contributed by atoms with Gasteiger partial charge in [0.15, 0.2) is 0 Å². The minimum Gasteiger partial charge on any atom is -0.368 e. The van der Waals surface area contributed by atoms with Crippen molar-refractivity contribution in [2.45, 2.75) is 19.9 Å². The Hall–Kier alpha value is -1.62. The molecule has 0 aliphatic heterocycles. The monoisotopic (exact) mass is 306 g/mol. The van der Waals surface area contributed by atoms with Crippen molar-refractivity contribution >= 4 is 27.7 Å². The molecule has 5 heteroatoms. The Morgan fingerprint density at radius 3 is 2.61 bits per heavy atom. The highest BCUT2D eigenvalue weighted by molar-refractivity contribution is 9.10. The summed E-state index contributed by atoms with van der Waals surface area (Å²) in [5.41, 5.74) is 8.03. The summed E-state index contributed by atoms with van der Waals surface area (Å²) in [5.74, 6) is 0.965. The molecule has 0 aliphatic rings. The summed E-state index contributed by atoms with van der Waals surface area (Å²) in [5, 5.41) is 3.31. The normalized spacial score (nSPS) is 12.2. The largest absolute Gasteiger partial charge is 0.368 e. The molecule has 2 aromatic rings. The number of nitrogen functional groups attached to an aromatic ring is 1. The molecule has 94 valence electrons. The lowest BCUT2D eigenvalue weighted by atomic mass is 10.1. The Bertz CT molecular complexity index is 539. The summed E-state index contributed by atoms with van der Waals surface area (Å²) in [6, 6.07) is 8.54. The first kappa shape index (κ1) is 12.8. The number of benzene rings is 1. The van der Waals surface area contributed by atoms with E-state index in [0.717, 1.165) is 4.47 Å². The quantitative estimate of drug-likeness (QED) is 0.913. The molecule has 0 fully saturated rings. The lowest BCUT2D eigenvalue weighted by molar-refractivity contribution is 0.870. The van der Waals surface area contributed by atoms with Gasteiger partial charge in [-0.1, -0.05) is 29.8 Å². The van der Waals surface area contributed by atoms with Crippen molar-refractivity contribution in [3.8, 4) is 0 Å². The van der Waals surface area contributed by atoms with Crippen molar-refractivity contribution in [2.75, 3.05) is 11.1 Å². The summed E-state index contributed by atoms with van der Waals surface area (Å²) >= 11 is 3.40. The zero-order chi connectivity index (χ0) is 13.1. The van der Waals surface area contributed by atoms with Crippen LogP contribution in [0.3, 0.4) is 0 Å². The number of anilines is 2. The van der Waals surface area contributed by atoms with Crippen LogP contribution >= 0.6 is 15.9 Å². The highest BCUT2D eigenvalue weighted by Gasteiger charge is 2.09. The summed E-state index contributed by atoms with van der Waals surface area (Å²) in [6.45, 7) is 4.15. The first-order chi connectivity index (χ1) is 8.56. The first-order valence-corrected chi connectivity index (χ1v) is 6.46. The number of rotatable bonds is 3. The van der Waals surface area contributed by atoms with E-state index in [0.29, 0.717) is 5.82 Å². The van der Waals surface area contributed by atoms with Crippen molar-refractivity contribution in [3.63, 3.8) is 0 Å². The molecule has 1 unspecified atom stereocenters. The molecule has 0 bridgehead atoms. The third-order valence-electron chi connectivity index (χ3n) is 2.69. The summed E-state index contributed by atoms with van der Waals surface area (Å²) in [4.78, 5) is 8.08. The van der Waals surface area contributed by atoms with Gasteiger partial charge in [-0.05, 0) is 35.3 Å². The fourth-order valence-corrected chi connectivity index (χ4v) is 1.93. The van der Waals surface area contributed by atoms with Crippen molar-refractivity contribution in [3.05, 3.63) is 46.1 Å². The van der Waals surface area contributed by atoms with E-state index in [9.17, 15) is 0 Å². The van der Waals surface area contributed by atoms with Crippen LogP contribution < -0.4 is 11.1 Å². The molecule has 0 aliphatic carbocycles. The number of aromatic nitrogens is 2. The molecule has 2 rings (SSSR count). The minimum atomic E-state index is 0.149. The van der Waals surface area contributed by atoms with Crippen LogP contribution in [0.4, 0.5) is 11.8 Å². The van der Waals surface area contributed by atoms with E-state index in [1.54, 1.807) is 6.20 Å². The van der Waals surface area contributed by atoms with Crippen LogP contribution in [0.15, 0.2) is 34.9 Å². The molecule has 0 saturated heterocycles. The van der Waals surface area contributed by atoms with Crippen LogP contribution in [0.25, 0.3) is 0 Å². The van der Waals surface area contributed by atoms with Crippen LogP contribution in [-0.2, 0) is 0 Å². The highest BCUT2D eigenvalue weighted by atomic mass is 79.9. The molecule has 1 aromatic heterocycles. The summed E-state index contributed by atoms with van der Waals surface area (Å²) in [6.07, 6.45) is 1.65. The van der Waals surface area contributed by atoms with E-state index >= 15 is 0 Å². The van der Waals surface area contributed by atoms with Gasteiger partial charge < -0.3 is 11.1 Å². The molecule has 3 N–H and O–H groups in total. The van der Waals surface area contributed by atoms with Gasteiger partial charge in [-0.25, -0.2) is 4.98 Å². The van der Waals surface area contributed by atoms with E-state index in [1.807, 2.05) is 0 Å². The predicted molar refractivity (Wildman–Crippen MR) is 77.4 cm³/mol. The van der Waals surface area contributed by atoms with E-state index in [4.69, 9.17) is 5.73 Å². The predicted octanol–water partition coefficient (Wildman–Crippen LogP) is 3.30. The first-order valence-electron chi connectivity index (χ1n) is 5.67. The summed E-state index contributed by atoms with van der Waals surface area (Å²) < 4.78 is 0.802. The van der Waals surface area contributed by atoms with E-state index in [-0.39, 0.29) is 12.0 Å². The smallest absolute Gasteiger partial charge is 0.221 e. The van der Waals surface area contributed by atoms with Crippen molar-refractivity contribution in [1.82, 2.24) is 9.97 Å². The SMILES string of the molecule is Cc1ccc(C(C)Nc2nc(N)ncc2Br)cc1.